The highest BCUT2D eigenvalue weighted by Crippen LogP contribution is 2.24. The summed E-state index contributed by atoms with van der Waals surface area (Å²) in [5, 5.41) is 10.2. The predicted octanol–water partition coefficient (Wildman–Crippen LogP) is 3.85. The van der Waals surface area contributed by atoms with Crippen LogP contribution in [0.15, 0.2) is 60.8 Å². The standard InChI is InChI=1S/C24H27FN4O2/c1-16(27-23(31)24(2,3)4)22(30)26-14-18-15-29(20-8-6-5-7-9-20)28-21(18)17-10-12-19(25)13-11-17/h5-13,15-16H,14H2,1-4H3,(H,26,30)(H,27,31). The molecule has 2 N–H and O–H groups in total. The van der Waals surface area contributed by atoms with Gasteiger partial charge < -0.3 is 10.6 Å². The second kappa shape index (κ2) is 9.12. The van der Waals surface area contributed by atoms with E-state index in [0.29, 0.717) is 5.69 Å². The van der Waals surface area contributed by atoms with Crippen molar-refractivity contribution >= 4 is 11.8 Å². The lowest BCUT2D eigenvalue weighted by Crippen LogP contribution is -2.48. The highest BCUT2D eigenvalue weighted by Gasteiger charge is 2.25. The van der Waals surface area contributed by atoms with Crippen LogP contribution in [-0.2, 0) is 16.1 Å². The van der Waals surface area contributed by atoms with E-state index >= 15 is 0 Å². The molecule has 2 amide bonds. The summed E-state index contributed by atoms with van der Waals surface area (Å²) in [6.45, 7) is 7.24. The van der Waals surface area contributed by atoms with Crippen molar-refractivity contribution in [2.75, 3.05) is 0 Å². The van der Waals surface area contributed by atoms with Gasteiger partial charge in [-0.3, -0.25) is 9.59 Å². The summed E-state index contributed by atoms with van der Waals surface area (Å²) in [6.07, 6.45) is 1.84. The molecule has 1 aromatic heterocycles. The highest BCUT2D eigenvalue weighted by atomic mass is 19.1. The van der Waals surface area contributed by atoms with Crippen molar-refractivity contribution in [1.82, 2.24) is 20.4 Å². The molecule has 7 heteroatoms. The van der Waals surface area contributed by atoms with Crippen molar-refractivity contribution in [1.29, 1.82) is 0 Å². The zero-order chi connectivity index (χ0) is 22.6. The zero-order valence-corrected chi connectivity index (χ0v) is 18.1. The van der Waals surface area contributed by atoms with E-state index in [1.807, 2.05) is 36.5 Å². The molecular formula is C24H27FN4O2. The molecule has 0 bridgehead atoms. The number of hydrogen-bond acceptors (Lipinski definition) is 3. The van der Waals surface area contributed by atoms with Gasteiger partial charge in [-0.1, -0.05) is 39.0 Å². The number of carbonyl (C=O) groups excluding carboxylic acids is 2. The normalized spacial score (nSPS) is 12.3. The van der Waals surface area contributed by atoms with Crippen molar-refractivity contribution in [3.63, 3.8) is 0 Å². The second-order valence-corrected chi connectivity index (χ2v) is 8.45. The number of nitrogens with one attached hydrogen (secondary N) is 2. The summed E-state index contributed by atoms with van der Waals surface area (Å²) >= 11 is 0. The Kier molecular flexibility index (Phi) is 6.53. The summed E-state index contributed by atoms with van der Waals surface area (Å²) in [5.41, 5.74) is 2.46. The van der Waals surface area contributed by atoms with Gasteiger partial charge in [0.25, 0.3) is 0 Å². The number of nitrogens with zero attached hydrogens (tertiary/aromatic N) is 2. The summed E-state index contributed by atoms with van der Waals surface area (Å²) in [7, 11) is 0. The summed E-state index contributed by atoms with van der Waals surface area (Å²) in [6, 6.07) is 15.0. The van der Waals surface area contributed by atoms with E-state index in [4.69, 9.17) is 0 Å². The van der Waals surface area contributed by atoms with Gasteiger partial charge in [0, 0.05) is 29.3 Å². The molecule has 1 atom stereocenters. The summed E-state index contributed by atoms with van der Waals surface area (Å²) < 4.78 is 15.1. The van der Waals surface area contributed by atoms with Gasteiger partial charge in [0.05, 0.1) is 11.4 Å². The molecule has 1 heterocycles. The predicted molar refractivity (Wildman–Crippen MR) is 118 cm³/mol. The van der Waals surface area contributed by atoms with Crippen molar-refractivity contribution in [3.05, 3.63) is 72.2 Å². The van der Waals surface area contributed by atoms with Gasteiger partial charge in [-0.25, -0.2) is 9.07 Å². The van der Waals surface area contributed by atoms with Gasteiger partial charge in [-0.2, -0.15) is 5.10 Å². The average molecular weight is 423 g/mol. The van der Waals surface area contributed by atoms with Crippen molar-refractivity contribution in [2.45, 2.75) is 40.3 Å². The molecular weight excluding hydrogens is 395 g/mol. The van der Waals surface area contributed by atoms with Gasteiger partial charge >= 0.3 is 0 Å². The Balaban J connectivity index is 1.81. The number of para-hydroxylation sites is 1. The van der Waals surface area contributed by atoms with E-state index in [9.17, 15) is 14.0 Å². The Morgan fingerprint density at radius 2 is 1.71 bits per heavy atom. The molecule has 1 unspecified atom stereocenters. The number of halogens is 1. The topological polar surface area (TPSA) is 76.0 Å². The van der Waals surface area contributed by atoms with Crippen LogP contribution in [0.5, 0.6) is 0 Å². The third-order valence-corrected chi connectivity index (χ3v) is 4.80. The minimum atomic E-state index is -0.676. The molecule has 162 valence electrons. The lowest BCUT2D eigenvalue weighted by atomic mass is 9.95. The first-order chi connectivity index (χ1) is 14.6. The Labute approximate surface area is 181 Å². The van der Waals surface area contributed by atoms with E-state index in [1.165, 1.54) is 12.1 Å². The van der Waals surface area contributed by atoms with Crippen molar-refractivity contribution in [2.24, 2.45) is 5.41 Å². The molecule has 0 aliphatic heterocycles. The van der Waals surface area contributed by atoms with Gasteiger partial charge in [-0.05, 0) is 43.3 Å². The largest absolute Gasteiger partial charge is 0.350 e. The Morgan fingerprint density at radius 3 is 2.32 bits per heavy atom. The van der Waals surface area contributed by atoms with Gasteiger partial charge in [-0.15, -0.1) is 0 Å². The van der Waals surface area contributed by atoms with Crippen LogP contribution in [0.25, 0.3) is 16.9 Å². The molecule has 0 fully saturated rings. The van der Waals surface area contributed by atoms with Gasteiger partial charge in [0.2, 0.25) is 11.8 Å². The first-order valence-corrected chi connectivity index (χ1v) is 10.1. The Hall–Kier alpha value is -3.48. The Morgan fingerprint density at radius 1 is 1.06 bits per heavy atom. The molecule has 3 aromatic rings. The molecule has 31 heavy (non-hydrogen) atoms. The quantitative estimate of drug-likeness (QED) is 0.634. The molecule has 0 radical (unpaired) electrons. The fourth-order valence-corrected chi connectivity index (χ4v) is 2.92. The van der Waals surface area contributed by atoms with Crippen LogP contribution in [0.3, 0.4) is 0 Å². The van der Waals surface area contributed by atoms with Crippen LogP contribution in [-0.4, -0.2) is 27.6 Å². The molecule has 0 saturated carbocycles. The minimum absolute atomic E-state index is 0.195. The smallest absolute Gasteiger partial charge is 0.242 e. The number of carbonyl (C=O) groups is 2. The SMILES string of the molecule is CC(NC(=O)C(C)(C)C)C(=O)NCc1cn(-c2ccccc2)nc1-c1ccc(F)cc1. The van der Waals surface area contributed by atoms with Crippen LogP contribution >= 0.6 is 0 Å². The third-order valence-electron chi connectivity index (χ3n) is 4.80. The van der Waals surface area contributed by atoms with Crippen LogP contribution in [0.1, 0.15) is 33.3 Å². The lowest BCUT2D eigenvalue weighted by Gasteiger charge is -2.21. The minimum Gasteiger partial charge on any atom is -0.350 e. The van der Waals surface area contributed by atoms with Crippen molar-refractivity contribution < 1.29 is 14.0 Å². The zero-order valence-electron chi connectivity index (χ0n) is 18.1. The maximum absolute atomic E-state index is 13.4. The molecule has 0 spiro atoms. The summed E-state index contributed by atoms with van der Waals surface area (Å²) in [4.78, 5) is 24.7. The third kappa shape index (κ3) is 5.57. The molecule has 0 saturated heterocycles. The number of benzene rings is 2. The average Bonchev–Trinajstić information content (AvgIpc) is 3.16. The lowest BCUT2D eigenvalue weighted by molar-refractivity contribution is -0.133. The second-order valence-electron chi connectivity index (χ2n) is 8.45. The molecule has 6 nitrogen and oxygen atoms in total. The number of amides is 2. The molecule has 0 aliphatic rings. The molecule has 3 rings (SSSR count). The van der Waals surface area contributed by atoms with Crippen LogP contribution < -0.4 is 10.6 Å². The highest BCUT2D eigenvalue weighted by molar-refractivity contribution is 5.89. The fourth-order valence-electron chi connectivity index (χ4n) is 2.92. The van der Waals surface area contributed by atoms with E-state index < -0.39 is 11.5 Å². The maximum atomic E-state index is 13.4. The van der Waals surface area contributed by atoms with Gasteiger partial charge in [0.1, 0.15) is 11.9 Å². The number of hydrogen-bond donors (Lipinski definition) is 2. The van der Waals surface area contributed by atoms with Gasteiger partial charge in [0.15, 0.2) is 0 Å². The van der Waals surface area contributed by atoms with Crippen LogP contribution in [0, 0.1) is 11.2 Å². The molecule has 2 aromatic carbocycles. The van der Waals surface area contributed by atoms with Crippen LogP contribution in [0.2, 0.25) is 0 Å². The van der Waals surface area contributed by atoms with Crippen LogP contribution in [0.4, 0.5) is 4.39 Å². The number of aromatic nitrogens is 2. The van der Waals surface area contributed by atoms with E-state index in [0.717, 1.165) is 16.8 Å². The van der Waals surface area contributed by atoms with Crippen molar-refractivity contribution in [3.8, 4) is 16.9 Å². The van der Waals surface area contributed by atoms with E-state index in [-0.39, 0.29) is 24.2 Å². The maximum Gasteiger partial charge on any atom is 0.242 e. The van der Waals surface area contributed by atoms with E-state index in [1.54, 1.807) is 44.5 Å². The van der Waals surface area contributed by atoms with E-state index in [2.05, 4.69) is 15.7 Å². The molecule has 0 aliphatic carbocycles. The fraction of sp³-hybridized carbons (Fsp3) is 0.292. The summed E-state index contributed by atoms with van der Waals surface area (Å²) in [5.74, 6) is -0.821. The Bertz CT molecular complexity index is 1050. The first-order valence-electron chi connectivity index (χ1n) is 10.1. The monoisotopic (exact) mass is 422 g/mol. The first kappa shape index (κ1) is 22.2. The number of rotatable bonds is 6.